The fourth-order valence-corrected chi connectivity index (χ4v) is 1.79. The zero-order valence-electron chi connectivity index (χ0n) is 11.8. The summed E-state index contributed by atoms with van der Waals surface area (Å²) in [7, 11) is 1.93. The highest BCUT2D eigenvalue weighted by molar-refractivity contribution is 5.62. The van der Waals surface area contributed by atoms with Gasteiger partial charge >= 0.3 is 5.69 Å². The Balaban J connectivity index is 2.75. The summed E-state index contributed by atoms with van der Waals surface area (Å²) in [6.45, 7) is 5.10. The predicted octanol–water partition coefficient (Wildman–Crippen LogP) is 3.02. The summed E-state index contributed by atoms with van der Waals surface area (Å²) in [5.41, 5.74) is -0.859. The number of hydrogen-bond acceptors (Lipinski definition) is 4. The SMILES string of the molecule is CCC(C)N(C)CCNc1cc(F)cc(F)c1[N+](=O)[O-]. The van der Waals surface area contributed by atoms with E-state index >= 15 is 0 Å². The first-order chi connectivity index (χ1) is 9.36. The zero-order valence-corrected chi connectivity index (χ0v) is 11.8. The van der Waals surface area contributed by atoms with Gasteiger partial charge in [-0.15, -0.1) is 0 Å². The number of anilines is 1. The summed E-state index contributed by atoms with van der Waals surface area (Å²) in [5.74, 6) is -2.02. The third-order valence-electron chi connectivity index (χ3n) is 3.33. The first-order valence-corrected chi connectivity index (χ1v) is 6.44. The molecule has 1 aromatic carbocycles. The van der Waals surface area contributed by atoms with Crippen LogP contribution in [0.3, 0.4) is 0 Å². The van der Waals surface area contributed by atoms with Crippen LogP contribution in [0.2, 0.25) is 0 Å². The summed E-state index contributed by atoms with van der Waals surface area (Å²) in [4.78, 5) is 12.0. The maximum absolute atomic E-state index is 13.4. The lowest BCUT2D eigenvalue weighted by atomic mass is 10.2. The van der Waals surface area contributed by atoms with Crippen molar-refractivity contribution >= 4 is 11.4 Å². The van der Waals surface area contributed by atoms with Crippen LogP contribution in [0.15, 0.2) is 12.1 Å². The molecule has 1 N–H and O–H groups in total. The molecule has 1 atom stereocenters. The second-order valence-electron chi connectivity index (χ2n) is 4.71. The molecule has 0 saturated carbocycles. The molecule has 0 aliphatic rings. The standard InChI is InChI=1S/C13H19F2N3O2/c1-4-9(2)17(3)6-5-16-12-8-10(14)7-11(15)13(12)18(19)20/h7-9,16H,4-6H2,1-3H3. The lowest BCUT2D eigenvalue weighted by molar-refractivity contribution is -0.386. The Hall–Kier alpha value is -1.76. The van der Waals surface area contributed by atoms with Crippen LogP contribution < -0.4 is 5.32 Å². The van der Waals surface area contributed by atoms with Crippen molar-refractivity contribution in [3.05, 3.63) is 33.9 Å². The Morgan fingerprint density at radius 1 is 1.45 bits per heavy atom. The lowest BCUT2D eigenvalue weighted by Gasteiger charge is -2.23. The van der Waals surface area contributed by atoms with Crippen molar-refractivity contribution in [2.24, 2.45) is 0 Å². The van der Waals surface area contributed by atoms with Crippen molar-refractivity contribution in [3.8, 4) is 0 Å². The van der Waals surface area contributed by atoms with Crippen molar-refractivity contribution in [3.63, 3.8) is 0 Å². The minimum Gasteiger partial charge on any atom is -0.378 e. The molecule has 0 aromatic heterocycles. The van der Waals surface area contributed by atoms with Crippen molar-refractivity contribution < 1.29 is 13.7 Å². The molecule has 7 heteroatoms. The van der Waals surface area contributed by atoms with E-state index in [1.54, 1.807) is 0 Å². The molecule has 0 spiro atoms. The van der Waals surface area contributed by atoms with Gasteiger partial charge in [0.1, 0.15) is 11.5 Å². The highest BCUT2D eigenvalue weighted by Gasteiger charge is 2.21. The Bertz CT molecular complexity index is 483. The van der Waals surface area contributed by atoms with E-state index in [0.717, 1.165) is 12.5 Å². The monoisotopic (exact) mass is 287 g/mol. The van der Waals surface area contributed by atoms with Gasteiger partial charge in [0.15, 0.2) is 0 Å². The van der Waals surface area contributed by atoms with Gasteiger partial charge in [0, 0.05) is 31.3 Å². The van der Waals surface area contributed by atoms with E-state index in [-0.39, 0.29) is 5.69 Å². The molecule has 1 unspecified atom stereocenters. The normalized spacial score (nSPS) is 12.5. The van der Waals surface area contributed by atoms with Crippen molar-refractivity contribution in [1.82, 2.24) is 4.90 Å². The molecule has 0 amide bonds. The van der Waals surface area contributed by atoms with Crippen molar-refractivity contribution in [1.29, 1.82) is 0 Å². The molecule has 0 saturated heterocycles. The van der Waals surface area contributed by atoms with Crippen LogP contribution in [-0.2, 0) is 0 Å². The summed E-state index contributed by atoms with van der Waals surface area (Å²) >= 11 is 0. The first-order valence-electron chi connectivity index (χ1n) is 6.44. The summed E-state index contributed by atoms with van der Waals surface area (Å²) in [6, 6.07) is 1.81. The smallest absolute Gasteiger partial charge is 0.327 e. The number of rotatable bonds is 7. The van der Waals surface area contributed by atoms with Crippen LogP contribution >= 0.6 is 0 Å². The third kappa shape index (κ3) is 4.12. The second-order valence-corrected chi connectivity index (χ2v) is 4.71. The van der Waals surface area contributed by atoms with Crippen molar-refractivity contribution in [2.75, 3.05) is 25.5 Å². The summed E-state index contributed by atoms with van der Waals surface area (Å²) in [6.07, 6.45) is 0.977. The first kappa shape index (κ1) is 16.3. The summed E-state index contributed by atoms with van der Waals surface area (Å²) < 4.78 is 26.5. The minimum atomic E-state index is -1.17. The number of nitrogens with one attached hydrogen (secondary N) is 1. The average Bonchev–Trinajstić information content (AvgIpc) is 2.36. The molecule has 5 nitrogen and oxygen atoms in total. The molecule has 0 aliphatic heterocycles. The maximum Gasteiger partial charge on any atom is 0.327 e. The number of halogens is 2. The van der Waals surface area contributed by atoms with E-state index in [4.69, 9.17) is 0 Å². The highest BCUT2D eigenvalue weighted by Crippen LogP contribution is 2.28. The van der Waals surface area contributed by atoms with Crippen LogP contribution in [0, 0.1) is 21.7 Å². The third-order valence-corrected chi connectivity index (χ3v) is 3.33. The zero-order chi connectivity index (χ0) is 15.3. The lowest BCUT2D eigenvalue weighted by Crippen LogP contribution is -2.32. The maximum atomic E-state index is 13.4. The quantitative estimate of drug-likeness (QED) is 0.618. The molecule has 20 heavy (non-hydrogen) atoms. The van der Waals surface area contributed by atoms with E-state index < -0.39 is 22.2 Å². The number of nitrogens with zero attached hydrogens (tertiary/aromatic N) is 2. The van der Waals surface area contributed by atoms with Gasteiger partial charge in [0.2, 0.25) is 5.82 Å². The van der Waals surface area contributed by atoms with Gasteiger partial charge in [-0.1, -0.05) is 6.92 Å². The van der Waals surface area contributed by atoms with E-state index in [9.17, 15) is 18.9 Å². The van der Waals surface area contributed by atoms with E-state index in [2.05, 4.69) is 24.1 Å². The molecule has 0 bridgehead atoms. The van der Waals surface area contributed by atoms with Crippen LogP contribution in [0.25, 0.3) is 0 Å². The minimum absolute atomic E-state index is 0.134. The molecule has 1 aromatic rings. The van der Waals surface area contributed by atoms with Crippen LogP contribution in [0.1, 0.15) is 20.3 Å². The molecule has 1 rings (SSSR count). The average molecular weight is 287 g/mol. The number of likely N-dealkylation sites (N-methyl/N-ethyl adjacent to an activating group) is 1. The van der Waals surface area contributed by atoms with Gasteiger partial charge < -0.3 is 10.2 Å². The number of nitro groups is 1. The van der Waals surface area contributed by atoms with Gasteiger partial charge in [0.25, 0.3) is 0 Å². The molecule has 0 fully saturated rings. The largest absolute Gasteiger partial charge is 0.378 e. The number of nitro benzene ring substituents is 1. The van der Waals surface area contributed by atoms with E-state index in [1.165, 1.54) is 0 Å². The Morgan fingerprint density at radius 2 is 2.10 bits per heavy atom. The molecular weight excluding hydrogens is 268 g/mol. The van der Waals surface area contributed by atoms with Gasteiger partial charge in [-0.3, -0.25) is 10.1 Å². The predicted molar refractivity (Wildman–Crippen MR) is 73.9 cm³/mol. The molecule has 0 aliphatic carbocycles. The molecule has 112 valence electrons. The Morgan fingerprint density at radius 3 is 2.65 bits per heavy atom. The summed E-state index contributed by atoms with van der Waals surface area (Å²) in [5, 5.41) is 13.5. The molecular formula is C13H19F2N3O2. The van der Waals surface area contributed by atoms with Crippen molar-refractivity contribution in [2.45, 2.75) is 26.3 Å². The number of benzene rings is 1. The topological polar surface area (TPSA) is 58.4 Å². The van der Waals surface area contributed by atoms with Crippen LogP contribution in [-0.4, -0.2) is 36.0 Å². The highest BCUT2D eigenvalue weighted by atomic mass is 19.1. The number of hydrogen-bond donors (Lipinski definition) is 1. The Labute approximate surface area is 116 Å². The van der Waals surface area contributed by atoms with Gasteiger partial charge in [-0.05, 0) is 20.4 Å². The fourth-order valence-electron chi connectivity index (χ4n) is 1.79. The second kappa shape index (κ2) is 7.14. The molecule has 0 heterocycles. The fraction of sp³-hybridized carbons (Fsp3) is 0.538. The molecule has 0 radical (unpaired) electrons. The van der Waals surface area contributed by atoms with E-state index in [1.807, 2.05) is 7.05 Å². The Kier molecular flexibility index (Phi) is 5.82. The van der Waals surface area contributed by atoms with E-state index in [0.29, 0.717) is 25.2 Å². The van der Waals surface area contributed by atoms with Gasteiger partial charge in [-0.2, -0.15) is 4.39 Å². The van der Waals surface area contributed by atoms with Crippen LogP contribution in [0.4, 0.5) is 20.2 Å². The van der Waals surface area contributed by atoms with Gasteiger partial charge in [-0.25, -0.2) is 4.39 Å². The van der Waals surface area contributed by atoms with Gasteiger partial charge in [0.05, 0.1) is 4.92 Å². The van der Waals surface area contributed by atoms with Crippen LogP contribution in [0.5, 0.6) is 0 Å².